The number of aromatic nitrogens is 2. The molecule has 1 amide bonds. The highest BCUT2D eigenvalue weighted by Gasteiger charge is 2.25. The first-order valence-corrected chi connectivity index (χ1v) is 10.1. The number of alkyl halides is 2. The second kappa shape index (κ2) is 7.23. The van der Waals surface area contributed by atoms with Crippen molar-refractivity contribution in [2.45, 2.75) is 39.2 Å². The summed E-state index contributed by atoms with van der Waals surface area (Å²) in [6.45, 7) is 3.27. The molecule has 0 radical (unpaired) electrons. The second-order valence-electron chi connectivity index (χ2n) is 8.02. The van der Waals surface area contributed by atoms with Gasteiger partial charge in [0.1, 0.15) is 0 Å². The number of carbonyl (C=O) groups is 1. The monoisotopic (exact) mass is 408 g/mol. The van der Waals surface area contributed by atoms with Crippen molar-refractivity contribution in [3.8, 4) is 11.1 Å². The van der Waals surface area contributed by atoms with Gasteiger partial charge in [0.15, 0.2) is 0 Å². The van der Waals surface area contributed by atoms with Crippen molar-refractivity contribution in [1.29, 1.82) is 0 Å². The highest BCUT2D eigenvalue weighted by atomic mass is 19.3. The van der Waals surface area contributed by atoms with Gasteiger partial charge in [0.2, 0.25) is 5.91 Å². The number of carbonyl (C=O) groups excluding carboxylic acids is 1. The maximum Gasteiger partial charge on any atom is 0.264 e. The fourth-order valence-electron chi connectivity index (χ4n) is 4.51. The van der Waals surface area contributed by atoms with Crippen LogP contribution in [-0.2, 0) is 24.2 Å². The molecule has 2 N–H and O–H groups in total. The summed E-state index contributed by atoms with van der Waals surface area (Å²) in [6.07, 6.45) is 1.28. The minimum absolute atomic E-state index is 0.00844. The zero-order chi connectivity index (χ0) is 20.8. The Morgan fingerprint density at radius 2 is 2.03 bits per heavy atom. The maximum absolute atomic E-state index is 14.0. The van der Waals surface area contributed by atoms with Gasteiger partial charge in [-0.15, -0.1) is 0 Å². The topological polar surface area (TPSA) is 61.0 Å². The average molecular weight is 408 g/mol. The van der Waals surface area contributed by atoms with Crippen molar-refractivity contribution >= 4 is 17.3 Å². The Balaban J connectivity index is 1.51. The van der Waals surface area contributed by atoms with Crippen LogP contribution in [0, 0.1) is 6.92 Å². The van der Waals surface area contributed by atoms with E-state index < -0.39 is 6.43 Å². The molecule has 0 unspecified atom stereocenters. The number of benzene rings is 2. The fourth-order valence-corrected chi connectivity index (χ4v) is 4.51. The summed E-state index contributed by atoms with van der Waals surface area (Å²) in [4.78, 5) is 13.8. The first-order chi connectivity index (χ1) is 14.5. The number of hydrogen-bond acceptors (Lipinski definition) is 3. The van der Waals surface area contributed by atoms with Gasteiger partial charge >= 0.3 is 0 Å². The van der Waals surface area contributed by atoms with Crippen LogP contribution >= 0.6 is 0 Å². The van der Waals surface area contributed by atoms with Crippen LogP contribution in [0.3, 0.4) is 0 Å². The van der Waals surface area contributed by atoms with Gasteiger partial charge in [-0.2, -0.15) is 5.10 Å². The Hall–Kier alpha value is -3.22. The number of nitrogens with one attached hydrogen (secondary N) is 2. The van der Waals surface area contributed by atoms with Crippen molar-refractivity contribution in [1.82, 2.24) is 10.2 Å². The lowest BCUT2D eigenvalue weighted by molar-refractivity contribution is -0.115. The van der Waals surface area contributed by atoms with Crippen molar-refractivity contribution < 1.29 is 13.6 Å². The van der Waals surface area contributed by atoms with E-state index in [9.17, 15) is 13.6 Å². The van der Waals surface area contributed by atoms with Crippen LogP contribution in [0.2, 0.25) is 0 Å². The molecule has 5 nitrogen and oxygen atoms in total. The van der Waals surface area contributed by atoms with Crippen molar-refractivity contribution in [2.24, 2.45) is 0 Å². The Kier molecular flexibility index (Phi) is 4.53. The van der Waals surface area contributed by atoms with E-state index in [1.165, 1.54) is 0 Å². The first kappa shape index (κ1) is 18.8. The van der Waals surface area contributed by atoms with Gasteiger partial charge < -0.3 is 10.2 Å². The van der Waals surface area contributed by atoms with Crippen LogP contribution in [0.15, 0.2) is 36.5 Å². The van der Waals surface area contributed by atoms with Crippen LogP contribution < -0.4 is 10.2 Å². The Labute approximate surface area is 173 Å². The molecule has 154 valence electrons. The minimum atomic E-state index is -2.57. The van der Waals surface area contributed by atoms with Crippen LogP contribution in [0.5, 0.6) is 0 Å². The number of amides is 1. The minimum Gasteiger partial charge on any atom is -0.367 e. The largest absolute Gasteiger partial charge is 0.367 e. The first-order valence-electron chi connectivity index (χ1n) is 10.1. The molecule has 2 aliphatic rings. The van der Waals surface area contributed by atoms with Crippen molar-refractivity contribution in [3.63, 3.8) is 0 Å². The molecular formula is C23H22F2N4O. The number of H-pyrrole nitrogens is 1. The van der Waals surface area contributed by atoms with Crippen LogP contribution in [-0.4, -0.2) is 22.6 Å². The molecule has 30 heavy (non-hydrogen) atoms. The normalized spacial score (nSPS) is 15.3. The molecule has 5 rings (SSSR count). The number of rotatable bonds is 4. The Morgan fingerprint density at radius 1 is 1.17 bits per heavy atom. The lowest BCUT2D eigenvalue weighted by Crippen LogP contribution is -2.29. The lowest BCUT2D eigenvalue weighted by Gasteiger charge is -2.33. The predicted octanol–water partition coefficient (Wildman–Crippen LogP) is 4.77. The number of nitrogens with zero attached hydrogens (tertiary/aromatic N) is 2. The van der Waals surface area contributed by atoms with E-state index in [1.54, 1.807) is 12.3 Å². The molecule has 7 heteroatoms. The van der Waals surface area contributed by atoms with E-state index in [0.29, 0.717) is 18.5 Å². The zero-order valence-corrected chi connectivity index (χ0v) is 16.6. The third-order valence-electron chi connectivity index (χ3n) is 5.99. The molecule has 0 atom stereocenters. The van der Waals surface area contributed by atoms with E-state index in [1.807, 2.05) is 31.2 Å². The van der Waals surface area contributed by atoms with Gasteiger partial charge in [-0.3, -0.25) is 9.89 Å². The number of aryl methyl sites for hydroxylation is 2. The third-order valence-corrected chi connectivity index (χ3v) is 5.99. The molecular weight excluding hydrogens is 386 g/mol. The van der Waals surface area contributed by atoms with Crippen LogP contribution in [0.1, 0.15) is 40.8 Å². The SMILES string of the molecule is Cc1[nH]ncc1-c1cc2c(cc1C(F)F)N(Cc1ccc3c(c1)NC(=O)C3)CCC2. The molecule has 0 bridgehead atoms. The third kappa shape index (κ3) is 3.24. The molecule has 2 aromatic carbocycles. The van der Waals surface area contributed by atoms with Crippen molar-refractivity contribution in [2.75, 3.05) is 16.8 Å². The highest BCUT2D eigenvalue weighted by Crippen LogP contribution is 2.40. The molecule has 0 spiro atoms. The molecule has 0 fully saturated rings. The lowest BCUT2D eigenvalue weighted by atomic mass is 9.92. The highest BCUT2D eigenvalue weighted by molar-refractivity contribution is 5.99. The Bertz CT molecular complexity index is 1140. The summed E-state index contributed by atoms with van der Waals surface area (Å²) in [6, 6.07) is 9.54. The predicted molar refractivity (Wildman–Crippen MR) is 112 cm³/mol. The summed E-state index contributed by atoms with van der Waals surface area (Å²) in [5, 5.41) is 9.73. The molecule has 3 heterocycles. The van der Waals surface area contributed by atoms with Gasteiger partial charge in [-0.05, 0) is 60.2 Å². The van der Waals surface area contributed by atoms with Crippen LogP contribution in [0.4, 0.5) is 20.2 Å². The van der Waals surface area contributed by atoms with E-state index >= 15 is 0 Å². The van der Waals surface area contributed by atoms with Crippen molar-refractivity contribution in [3.05, 3.63) is 64.5 Å². The van der Waals surface area contributed by atoms with E-state index in [-0.39, 0.29) is 11.5 Å². The van der Waals surface area contributed by atoms with E-state index in [4.69, 9.17) is 0 Å². The quantitative estimate of drug-likeness (QED) is 0.654. The molecule has 0 saturated heterocycles. The zero-order valence-electron chi connectivity index (χ0n) is 16.6. The molecule has 0 saturated carbocycles. The summed E-state index contributed by atoms with van der Waals surface area (Å²) < 4.78 is 27.9. The molecule has 2 aliphatic heterocycles. The van der Waals surface area contributed by atoms with Crippen LogP contribution in [0.25, 0.3) is 11.1 Å². The number of fused-ring (bicyclic) bond motifs is 2. The molecule has 0 aliphatic carbocycles. The van der Waals surface area contributed by atoms with Gasteiger partial charge in [0.25, 0.3) is 6.43 Å². The number of hydrogen-bond donors (Lipinski definition) is 2. The summed E-state index contributed by atoms with van der Waals surface area (Å²) in [5.41, 5.74) is 6.95. The number of halogens is 2. The summed E-state index contributed by atoms with van der Waals surface area (Å²) in [5.74, 6) is 0.00844. The van der Waals surface area contributed by atoms with Gasteiger partial charge in [-0.1, -0.05) is 12.1 Å². The standard InChI is InChI=1S/C23H22F2N4O/c1-13-19(11-26-28-13)17-8-16-3-2-6-29(21(16)10-18(17)23(24)25)12-14-4-5-15-9-22(30)27-20(15)7-14/h4-5,7-8,10-11,23H,2-3,6,9,12H2,1H3,(H,26,28)(H,27,30). The van der Waals surface area contributed by atoms with E-state index in [0.717, 1.165) is 58.7 Å². The smallest absolute Gasteiger partial charge is 0.264 e. The number of aromatic amines is 1. The molecule has 1 aromatic heterocycles. The van der Waals surface area contributed by atoms with Gasteiger partial charge in [-0.25, -0.2) is 8.78 Å². The van der Waals surface area contributed by atoms with Gasteiger partial charge in [0, 0.05) is 41.3 Å². The van der Waals surface area contributed by atoms with Gasteiger partial charge in [0.05, 0.1) is 12.6 Å². The average Bonchev–Trinajstić information content (AvgIpc) is 3.31. The summed E-state index contributed by atoms with van der Waals surface area (Å²) >= 11 is 0. The second-order valence-corrected chi connectivity index (χ2v) is 8.02. The Morgan fingerprint density at radius 3 is 2.80 bits per heavy atom. The fraction of sp³-hybridized carbons (Fsp3) is 0.304. The molecule has 3 aromatic rings. The maximum atomic E-state index is 14.0. The number of anilines is 2. The summed E-state index contributed by atoms with van der Waals surface area (Å²) in [7, 11) is 0. The van der Waals surface area contributed by atoms with E-state index in [2.05, 4.69) is 20.4 Å².